The zero-order chi connectivity index (χ0) is 20.1. The quantitative estimate of drug-likeness (QED) is 0.519. The molecule has 0 N–H and O–H groups in total. The fourth-order valence-corrected chi connectivity index (χ4v) is 3.05. The van der Waals surface area contributed by atoms with Crippen molar-refractivity contribution in [1.29, 1.82) is 0 Å². The average molecular weight is 443 g/mol. The van der Waals surface area contributed by atoms with E-state index in [4.69, 9.17) is 9.47 Å². The molecule has 0 unspecified atom stereocenters. The van der Waals surface area contributed by atoms with Gasteiger partial charge in [0.15, 0.2) is 5.69 Å². The van der Waals surface area contributed by atoms with Crippen molar-refractivity contribution in [2.45, 2.75) is 13.8 Å². The van der Waals surface area contributed by atoms with Crippen molar-refractivity contribution >= 4 is 27.9 Å². The summed E-state index contributed by atoms with van der Waals surface area (Å²) in [5, 5.41) is 4.43. The van der Waals surface area contributed by atoms with Crippen molar-refractivity contribution in [1.82, 2.24) is 9.78 Å². The second-order valence-electron chi connectivity index (χ2n) is 5.77. The van der Waals surface area contributed by atoms with E-state index in [0.717, 1.165) is 10.0 Å². The molecule has 1 heterocycles. The molecule has 28 heavy (non-hydrogen) atoms. The van der Waals surface area contributed by atoms with Gasteiger partial charge in [-0.15, -0.1) is 0 Å². The molecule has 2 aromatic carbocycles. The number of aromatic nitrogens is 2. The summed E-state index contributed by atoms with van der Waals surface area (Å²) in [5.74, 6) is -1.29. The second kappa shape index (κ2) is 8.84. The van der Waals surface area contributed by atoms with Crippen LogP contribution in [0.3, 0.4) is 0 Å². The van der Waals surface area contributed by atoms with Crippen molar-refractivity contribution in [2.75, 3.05) is 13.2 Å². The number of ether oxygens (including phenoxy) is 2. The highest BCUT2D eigenvalue weighted by Crippen LogP contribution is 2.31. The molecule has 0 aliphatic carbocycles. The monoisotopic (exact) mass is 442 g/mol. The van der Waals surface area contributed by atoms with Gasteiger partial charge in [-0.25, -0.2) is 14.3 Å². The second-order valence-corrected chi connectivity index (χ2v) is 6.68. The van der Waals surface area contributed by atoms with Gasteiger partial charge in [0.2, 0.25) is 0 Å². The van der Waals surface area contributed by atoms with Crippen LogP contribution < -0.4 is 0 Å². The third kappa shape index (κ3) is 3.99. The minimum absolute atomic E-state index is 0.0675. The van der Waals surface area contributed by atoms with Crippen LogP contribution >= 0.6 is 15.9 Å². The van der Waals surface area contributed by atoms with E-state index in [-0.39, 0.29) is 24.5 Å². The lowest BCUT2D eigenvalue weighted by Crippen LogP contribution is -2.13. The SMILES string of the molecule is CCOC(=O)c1nn(-c2ccccc2)c(-c2ccc(Br)cc2)c1C(=O)OCC. The smallest absolute Gasteiger partial charge is 0.359 e. The summed E-state index contributed by atoms with van der Waals surface area (Å²) in [6.07, 6.45) is 0. The van der Waals surface area contributed by atoms with Gasteiger partial charge in [-0.05, 0) is 38.1 Å². The topological polar surface area (TPSA) is 70.4 Å². The molecule has 0 aliphatic heterocycles. The molecule has 6 nitrogen and oxygen atoms in total. The van der Waals surface area contributed by atoms with Crippen LogP contribution in [0.2, 0.25) is 0 Å². The Morgan fingerprint density at radius 2 is 1.54 bits per heavy atom. The summed E-state index contributed by atoms with van der Waals surface area (Å²) in [6, 6.07) is 16.7. The van der Waals surface area contributed by atoms with Crippen LogP contribution in [-0.2, 0) is 9.47 Å². The largest absolute Gasteiger partial charge is 0.462 e. The highest BCUT2D eigenvalue weighted by atomic mass is 79.9. The number of hydrogen-bond acceptors (Lipinski definition) is 5. The molecule has 3 rings (SSSR count). The molecule has 0 saturated heterocycles. The van der Waals surface area contributed by atoms with Gasteiger partial charge in [-0.2, -0.15) is 5.10 Å². The first kappa shape index (κ1) is 19.8. The molecular weight excluding hydrogens is 424 g/mol. The van der Waals surface area contributed by atoms with Gasteiger partial charge >= 0.3 is 11.9 Å². The van der Waals surface area contributed by atoms with E-state index in [2.05, 4.69) is 21.0 Å². The van der Waals surface area contributed by atoms with E-state index in [1.165, 1.54) is 0 Å². The fraction of sp³-hybridized carbons (Fsp3) is 0.190. The predicted octanol–water partition coefficient (Wildman–Crippen LogP) is 4.66. The first-order valence-corrected chi connectivity index (χ1v) is 9.64. The molecule has 0 atom stereocenters. The normalized spacial score (nSPS) is 10.5. The Morgan fingerprint density at radius 3 is 2.14 bits per heavy atom. The van der Waals surface area contributed by atoms with E-state index < -0.39 is 11.9 Å². The zero-order valence-electron chi connectivity index (χ0n) is 15.5. The van der Waals surface area contributed by atoms with Crippen LogP contribution in [0.1, 0.15) is 34.7 Å². The minimum Gasteiger partial charge on any atom is -0.462 e. The summed E-state index contributed by atoms with van der Waals surface area (Å²) < 4.78 is 12.8. The molecule has 7 heteroatoms. The maximum atomic E-state index is 12.8. The van der Waals surface area contributed by atoms with Crippen molar-refractivity contribution in [3.63, 3.8) is 0 Å². The van der Waals surface area contributed by atoms with Crippen LogP contribution in [0.15, 0.2) is 59.1 Å². The number of rotatable bonds is 6. The van der Waals surface area contributed by atoms with Gasteiger partial charge in [0.25, 0.3) is 0 Å². The molecule has 0 amide bonds. The maximum absolute atomic E-state index is 12.8. The Kier molecular flexibility index (Phi) is 6.26. The van der Waals surface area contributed by atoms with Crippen LogP contribution in [0, 0.1) is 0 Å². The number of halogens is 1. The van der Waals surface area contributed by atoms with Crippen molar-refractivity contribution < 1.29 is 19.1 Å². The van der Waals surface area contributed by atoms with Gasteiger partial charge < -0.3 is 9.47 Å². The van der Waals surface area contributed by atoms with Crippen LogP contribution in [-0.4, -0.2) is 34.9 Å². The van der Waals surface area contributed by atoms with E-state index in [1.807, 2.05) is 54.6 Å². The van der Waals surface area contributed by atoms with E-state index in [0.29, 0.717) is 11.4 Å². The van der Waals surface area contributed by atoms with E-state index in [9.17, 15) is 9.59 Å². The number of benzene rings is 2. The molecule has 0 aliphatic rings. The number of carbonyl (C=O) groups excluding carboxylic acids is 2. The Bertz CT molecular complexity index is 982. The van der Waals surface area contributed by atoms with Gasteiger partial charge in [0.1, 0.15) is 5.56 Å². The first-order chi connectivity index (χ1) is 13.6. The van der Waals surface area contributed by atoms with E-state index >= 15 is 0 Å². The number of carbonyl (C=O) groups is 2. The minimum atomic E-state index is -0.668. The predicted molar refractivity (Wildman–Crippen MR) is 109 cm³/mol. The molecule has 0 saturated carbocycles. The lowest BCUT2D eigenvalue weighted by molar-refractivity contribution is 0.0476. The number of nitrogens with zero attached hydrogens (tertiary/aromatic N) is 2. The summed E-state index contributed by atoms with van der Waals surface area (Å²) in [7, 11) is 0. The molecule has 3 aromatic rings. The Hall–Kier alpha value is -2.93. The lowest BCUT2D eigenvalue weighted by Gasteiger charge is -2.10. The molecule has 0 spiro atoms. The Morgan fingerprint density at radius 1 is 0.929 bits per heavy atom. The summed E-state index contributed by atoms with van der Waals surface area (Å²) >= 11 is 3.41. The summed E-state index contributed by atoms with van der Waals surface area (Å²) in [4.78, 5) is 25.3. The lowest BCUT2D eigenvalue weighted by atomic mass is 10.1. The highest BCUT2D eigenvalue weighted by Gasteiger charge is 2.31. The third-order valence-corrected chi connectivity index (χ3v) is 4.48. The van der Waals surface area contributed by atoms with Crippen molar-refractivity contribution in [3.05, 3.63) is 70.3 Å². The number of para-hydroxylation sites is 1. The van der Waals surface area contributed by atoms with Crippen LogP contribution in [0.4, 0.5) is 0 Å². The highest BCUT2D eigenvalue weighted by molar-refractivity contribution is 9.10. The number of hydrogen-bond donors (Lipinski definition) is 0. The third-order valence-electron chi connectivity index (χ3n) is 3.95. The summed E-state index contributed by atoms with van der Waals surface area (Å²) in [6.45, 7) is 3.76. The maximum Gasteiger partial charge on any atom is 0.359 e. The molecular formula is C21H19BrN2O4. The van der Waals surface area contributed by atoms with Crippen molar-refractivity contribution in [3.8, 4) is 16.9 Å². The van der Waals surface area contributed by atoms with Crippen LogP contribution in [0.25, 0.3) is 16.9 Å². The molecule has 0 fully saturated rings. The average Bonchev–Trinajstić information content (AvgIpc) is 3.10. The molecule has 0 radical (unpaired) electrons. The zero-order valence-corrected chi connectivity index (χ0v) is 17.1. The van der Waals surface area contributed by atoms with Gasteiger partial charge in [-0.3, -0.25) is 0 Å². The van der Waals surface area contributed by atoms with Gasteiger partial charge in [-0.1, -0.05) is 46.3 Å². The fourth-order valence-electron chi connectivity index (χ4n) is 2.79. The molecule has 1 aromatic heterocycles. The van der Waals surface area contributed by atoms with Gasteiger partial charge in [0.05, 0.1) is 24.6 Å². The van der Waals surface area contributed by atoms with Gasteiger partial charge in [0, 0.05) is 10.0 Å². The standard InChI is InChI=1S/C21H19BrN2O4/c1-3-27-20(25)17-18(21(26)28-4-2)23-24(16-8-6-5-7-9-16)19(17)14-10-12-15(22)13-11-14/h5-13H,3-4H2,1-2H3. The van der Waals surface area contributed by atoms with Crippen LogP contribution in [0.5, 0.6) is 0 Å². The summed E-state index contributed by atoms with van der Waals surface area (Å²) in [5.41, 5.74) is 1.92. The molecule has 144 valence electrons. The first-order valence-electron chi connectivity index (χ1n) is 8.85. The van der Waals surface area contributed by atoms with E-state index in [1.54, 1.807) is 18.5 Å². The Balaban J connectivity index is 2.32. The molecule has 0 bridgehead atoms. The Labute approximate surface area is 171 Å². The van der Waals surface area contributed by atoms with Crippen molar-refractivity contribution in [2.24, 2.45) is 0 Å². The number of esters is 2.